The summed E-state index contributed by atoms with van der Waals surface area (Å²) < 4.78 is 16.9. The second-order valence-corrected chi connectivity index (χ2v) is 22.7. The first-order valence-corrected chi connectivity index (χ1v) is 34.5. The Morgan fingerprint density at radius 2 is 0.500 bits per heavy atom. The van der Waals surface area contributed by atoms with Crippen molar-refractivity contribution in [2.75, 3.05) is 13.2 Å². The molecule has 0 spiro atoms. The molecule has 0 aromatic carbocycles. The van der Waals surface area contributed by atoms with Crippen molar-refractivity contribution in [2.45, 2.75) is 329 Å². The van der Waals surface area contributed by atoms with Gasteiger partial charge in [-0.15, -0.1) is 0 Å². The number of carbonyl (C=O) groups excluding carboxylic acids is 3. The fourth-order valence-electron chi connectivity index (χ4n) is 9.52. The molecular formula is C76H128O6. The molecule has 1 atom stereocenters. The average Bonchev–Trinajstić information content (AvgIpc) is 3.48. The molecule has 0 rings (SSSR count). The molecule has 468 valence electrons. The van der Waals surface area contributed by atoms with Crippen LogP contribution in [0.15, 0.2) is 122 Å². The Bertz CT molecular complexity index is 1690. The lowest BCUT2D eigenvalue weighted by Crippen LogP contribution is -2.30. The number of ether oxygens (including phenoxy) is 3. The fourth-order valence-corrected chi connectivity index (χ4v) is 9.52. The smallest absolute Gasteiger partial charge is 0.306 e. The van der Waals surface area contributed by atoms with Crippen LogP contribution in [0.4, 0.5) is 0 Å². The van der Waals surface area contributed by atoms with E-state index in [4.69, 9.17) is 14.2 Å². The van der Waals surface area contributed by atoms with Crippen molar-refractivity contribution in [2.24, 2.45) is 0 Å². The molecule has 6 heteroatoms. The lowest BCUT2D eigenvalue weighted by molar-refractivity contribution is -0.167. The highest BCUT2D eigenvalue weighted by Crippen LogP contribution is 2.17. The molecule has 0 heterocycles. The highest BCUT2D eigenvalue weighted by atomic mass is 16.6. The van der Waals surface area contributed by atoms with Gasteiger partial charge in [-0.1, -0.05) is 296 Å². The van der Waals surface area contributed by atoms with Crippen LogP contribution in [-0.2, 0) is 28.6 Å². The molecule has 82 heavy (non-hydrogen) atoms. The standard InChI is InChI=1S/C76H128O6/c1-4-7-10-13-16-19-22-24-26-28-30-32-34-36-38-40-42-44-46-48-50-52-54-57-60-63-66-69-75(78)81-72-73(71-80-74(77)68-65-62-59-56-21-18-15-12-9-6-3)82-76(79)70-67-64-61-58-55-53-51-49-47-45-43-41-39-37-35-33-31-29-27-25-23-20-17-14-11-8-5-2/h7,10,12,15-16,19,24,26,29-32,36,38,42,44,48,50,54,57,73H,4-6,8-9,11,13-14,17-18,20-23,25,27-28,33-35,37,39-41,43,45-47,49,51-53,55-56,58-72H2,1-3H3/b10-7-,15-12-,19-16-,26-24-,31-29-,32-30-,38-36-,44-42-,50-48-,57-54-. The van der Waals surface area contributed by atoms with Gasteiger partial charge < -0.3 is 14.2 Å². The SMILES string of the molecule is CC/C=C\C/C=C\C/C=C\C/C=C\C/C=C\C/C=C\C/C=C\C/C=C\CCCCC(=O)OCC(COC(=O)CCCCCCC/C=C\CCC)OC(=O)CCCCCCCCCCCCCCCCC/C=C\CCCCCCCCCC. The Balaban J connectivity index is 4.30. The predicted octanol–water partition coefficient (Wildman–Crippen LogP) is 23.9. The summed E-state index contributed by atoms with van der Waals surface area (Å²) in [6.45, 7) is 6.44. The highest BCUT2D eigenvalue weighted by Gasteiger charge is 2.19. The minimum atomic E-state index is -0.803. The second kappa shape index (κ2) is 69.3. The van der Waals surface area contributed by atoms with Gasteiger partial charge in [0.1, 0.15) is 13.2 Å². The van der Waals surface area contributed by atoms with E-state index >= 15 is 0 Å². The zero-order valence-electron chi connectivity index (χ0n) is 53.7. The summed E-state index contributed by atoms with van der Waals surface area (Å²) >= 11 is 0. The molecule has 0 N–H and O–H groups in total. The van der Waals surface area contributed by atoms with Gasteiger partial charge in [0.2, 0.25) is 0 Å². The first kappa shape index (κ1) is 77.8. The van der Waals surface area contributed by atoms with E-state index in [0.717, 1.165) is 128 Å². The van der Waals surface area contributed by atoms with Crippen LogP contribution in [0.1, 0.15) is 323 Å². The zero-order valence-corrected chi connectivity index (χ0v) is 53.7. The van der Waals surface area contributed by atoms with Gasteiger partial charge in [0.25, 0.3) is 0 Å². The van der Waals surface area contributed by atoms with E-state index in [0.29, 0.717) is 19.3 Å². The van der Waals surface area contributed by atoms with E-state index in [1.807, 2.05) is 0 Å². The van der Waals surface area contributed by atoms with Crippen LogP contribution in [0.25, 0.3) is 0 Å². The molecule has 0 amide bonds. The van der Waals surface area contributed by atoms with Gasteiger partial charge in [0.15, 0.2) is 6.10 Å². The van der Waals surface area contributed by atoms with Crippen molar-refractivity contribution < 1.29 is 28.6 Å². The Morgan fingerprint density at radius 1 is 0.256 bits per heavy atom. The Labute approximate surface area is 507 Å². The zero-order chi connectivity index (χ0) is 59.2. The fraction of sp³-hybridized carbons (Fsp3) is 0.697. The molecule has 0 aromatic rings. The van der Waals surface area contributed by atoms with Gasteiger partial charge >= 0.3 is 17.9 Å². The van der Waals surface area contributed by atoms with E-state index in [1.165, 1.54) is 154 Å². The van der Waals surface area contributed by atoms with Crippen LogP contribution < -0.4 is 0 Å². The van der Waals surface area contributed by atoms with E-state index in [9.17, 15) is 14.4 Å². The van der Waals surface area contributed by atoms with Gasteiger partial charge in [0, 0.05) is 19.3 Å². The summed E-state index contributed by atoms with van der Waals surface area (Å²) in [5.74, 6) is -0.945. The Morgan fingerprint density at radius 3 is 0.829 bits per heavy atom. The number of esters is 3. The van der Waals surface area contributed by atoms with Crippen molar-refractivity contribution >= 4 is 17.9 Å². The number of hydrogen-bond donors (Lipinski definition) is 0. The third-order valence-corrected chi connectivity index (χ3v) is 14.7. The molecule has 0 aliphatic heterocycles. The monoisotopic (exact) mass is 1140 g/mol. The molecule has 0 saturated carbocycles. The van der Waals surface area contributed by atoms with Crippen molar-refractivity contribution in [3.05, 3.63) is 122 Å². The van der Waals surface area contributed by atoms with Gasteiger partial charge in [-0.2, -0.15) is 0 Å². The lowest BCUT2D eigenvalue weighted by atomic mass is 10.0. The maximum Gasteiger partial charge on any atom is 0.306 e. The van der Waals surface area contributed by atoms with Crippen molar-refractivity contribution in [1.29, 1.82) is 0 Å². The highest BCUT2D eigenvalue weighted by molar-refractivity contribution is 5.71. The van der Waals surface area contributed by atoms with Gasteiger partial charge in [0.05, 0.1) is 0 Å². The van der Waals surface area contributed by atoms with Crippen LogP contribution >= 0.6 is 0 Å². The third-order valence-electron chi connectivity index (χ3n) is 14.7. The van der Waals surface area contributed by atoms with Gasteiger partial charge in [-0.3, -0.25) is 14.4 Å². The summed E-state index contributed by atoms with van der Waals surface area (Å²) in [7, 11) is 0. The molecule has 0 aromatic heterocycles. The van der Waals surface area contributed by atoms with E-state index in [1.54, 1.807) is 0 Å². The molecule has 0 fully saturated rings. The van der Waals surface area contributed by atoms with Gasteiger partial charge in [-0.05, 0) is 128 Å². The Hall–Kier alpha value is -4.19. The summed E-state index contributed by atoms with van der Waals surface area (Å²) in [6, 6.07) is 0. The van der Waals surface area contributed by atoms with E-state index < -0.39 is 6.10 Å². The summed E-state index contributed by atoms with van der Waals surface area (Å²) in [5.41, 5.74) is 0. The summed E-state index contributed by atoms with van der Waals surface area (Å²) in [5, 5.41) is 0. The third kappa shape index (κ3) is 66.6. The van der Waals surface area contributed by atoms with Crippen LogP contribution in [0.5, 0.6) is 0 Å². The minimum absolute atomic E-state index is 0.0971. The van der Waals surface area contributed by atoms with Crippen LogP contribution in [-0.4, -0.2) is 37.2 Å². The molecule has 0 bridgehead atoms. The van der Waals surface area contributed by atoms with E-state index in [2.05, 4.69) is 142 Å². The lowest BCUT2D eigenvalue weighted by Gasteiger charge is -2.18. The molecule has 6 nitrogen and oxygen atoms in total. The molecule has 0 saturated heterocycles. The second-order valence-electron chi connectivity index (χ2n) is 22.7. The summed E-state index contributed by atoms with van der Waals surface area (Å²) in [4.78, 5) is 38.3. The molecule has 1 unspecified atom stereocenters. The molecule has 0 aliphatic rings. The minimum Gasteiger partial charge on any atom is -0.462 e. The predicted molar refractivity (Wildman–Crippen MR) is 357 cm³/mol. The Kier molecular flexibility index (Phi) is 65.8. The van der Waals surface area contributed by atoms with Crippen molar-refractivity contribution in [1.82, 2.24) is 0 Å². The molecule has 0 radical (unpaired) electrons. The quantitative estimate of drug-likeness (QED) is 0.0261. The average molecular weight is 1140 g/mol. The molecular weight excluding hydrogens is 1010 g/mol. The first-order chi connectivity index (χ1) is 40.5. The normalized spacial score (nSPS) is 12.9. The summed E-state index contributed by atoms with van der Waals surface area (Å²) in [6.07, 6.45) is 96.7. The van der Waals surface area contributed by atoms with E-state index in [-0.39, 0.29) is 31.1 Å². The van der Waals surface area contributed by atoms with Crippen LogP contribution in [0.3, 0.4) is 0 Å². The topological polar surface area (TPSA) is 78.9 Å². The van der Waals surface area contributed by atoms with Crippen LogP contribution in [0.2, 0.25) is 0 Å². The first-order valence-electron chi connectivity index (χ1n) is 34.5. The number of unbranched alkanes of at least 4 members (excludes halogenated alkanes) is 31. The van der Waals surface area contributed by atoms with Crippen molar-refractivity contribution in [3.8, 4) is 0 Å². The number of carbonyl (C=O) groups is 3. The largest absolute Gasteiger partial charge is 0.462 e. The van der Waals surface area contributed by atoms with Crippen molar-refractivity contribution in [3.63, 3.8) is 0 Å². The van der Waals surface area contributed by atoms with Crippen LogP contribution in [0, 0.1) is 0 Å². The van der Waals surface area contributed by atoms with Gasteiger partial charge in [-0.25, -0.2) is 0 Å². The maximum absolute atomic E-state index is 12.9. The number of rotatable bonds is 62. The number of hydrogen-bond acceptors (Lipinski definition) is 6. The molecule has 0 aliphatic carbocycles. The number of allylic oxidation sites excluding steroid dienone is 20. The maximum atomic E-state index is 12.9.